The molecule has 4 aromatic rings. The predicted molar refractivity (Wildman–Crippen MR) is 122 cm³/mol. The van der Waals surface area contributed by atoms with Gasteiger partial charge in [0.25, 0.3) is 0 Å². The fraction of sp³-hybridized carbons (Fsp3) is 0.261. The molecule has 1 saturated heterocycles. The summed E-state index contributed by atoms with van der Waals surface area (Å²) in [6.45, 7) is 6.09. The largest absolute Gasteiger partial charge is 0.378 e. The summed E-state index contributed by atoms with van der Waals surface area (Å²) in [5.41, 5.74) is 3.29. The Labute approximate surface area is 185 Å². The van der Waals surface area contributed by atoms with E-state index in [4.69, 9.17) is 19.7 Å². The number of rotatable bonds is 4. The molecule has 1 aliphatic rings. The number of nitrogens with one attached hydrogen (secondary N) is 1. The van der Waals surface area contributed by atoms with E-state index >= 15 is 0 Å². The van der Waals surface area contributed by atoms with Crippen LogP contribution in [0.3, 0.4) is 0 Å². The third kappa shape index (κ3) is 3.90. The fourth-order valence-corrected chi connectivity index (χ4v) is 3.83. The number of aromatic nitrogens is 5. The third-order valence-electron chi connectivity index (χ3n) is 5.28. The zero-order valence-corrected chi connectivity index (χ0v) is 17.9. The molecule has 1 fully saturated rings. The summed E-state index contributed by atoms with van der Waals surface area (Å²) in [6, 6.07) is 15.4. The van der Waals surface area contributed by atoms with Gasteiger partial charge in [-0.1, -0.05) is 24.3 Å². The summed E-state index contributed by atoms with van der Waals surface area (Å²) in [7, 11) is 0. The Kier molecular flexibility index (Phi) is 5.24. The average molecular weight is 429 g/mol. The standard InChI is InChI=1S/C23H23N7O2/c1-15-24-19-8-3-4-9-20(19)30(15)23-27-21(17-6-5-7-18(14-17)25-16(2)31)26-22(28-23)29-10-12-32-13-11-29/h3-9,14H,10-13H2,1-2H3,(H,25,31). The Balaban J connectivity index is 1.67. The summed E-state index contributed by atoms with van der Waals surface area (Å²) in [6.07, 6.45) is 0. The van der Waals surface area contributed by atoms with Crippen LogP contribution in [0.1, 0.15) is 12.7 Å². The van der Waals surface area contributed by atoms with Gasteiger partial charge in [-0.15, -0.1) is 0 Å². The molecule has 2 aromatic heterocycles. The molecule has 3 heterocycles. The number of ether oxygens (including phenoxy) is 1. The van der Waals surface area contributed by atoms with E-state index in [1.54, 1.807) is 0 Å². The quantitative estimate of drug-likeness (QED) is 0.532. The first-order valence-electron chi connectivity index (χ1n) is 10.5. The first-order chi connectivity index (χ1) is 15.6. The number of amides is 1. The minimum Gasteiger partial charge on any atom is -0.378 e. The van der Waals surface area contributed by atoms with E-state index in [9.17, 15) is 4.79 Å². The molecule has 9 nitrogen and oxygen atoms in total. The van der Waals surface area contributed by atoms with Crippen molar-refractivity contribution in [2.24, 2.45) is 0 Å². The zero-order chi connectivity index (χ0) is 22.1. The van der Waals surface area contributed by atoms with Crippen molar-refractivity contribution < 1.29 is 9.53 Å². The van der Waals surface area contributed by atoms with Gasteiger partial charge in [0.15, 0.2) is 5.82 Å². The monoisotopic (exact) mass is 429 g/mol. The molecule has 5 rings (SSSR count). The number of hydrogen-bond acceptors (Lipinski definition) is 7. The van der Waals surface area contributed by atoms with Gasteiger partial charge in [-0.25, -0.2) is 4.98 Å². The number of nitrogens with zero attached hydrogens (tertiary/aromatic N) is 6. The molecule has 1 N–H and O–H groups in total. The van der Waals surface area contributed by atoms with E-state index in [2.05, 4.69) is 15.2 Å². The van der Waals surface area contributed by atoms with Crippen molar-refractivity contribution in [2.75, 3.05) is 36.5 Å². The van der Waals surface area contributed by atoms with E-state index in [1.165, 1.54) is 6.92 Å². The molecule has 1 amide bonds. The van der Waals surface area contributed by atoms with E-state index < -0.39 is 0 Å². The van der Waals surface area contributed by atoms with Gasteiger partial charge < -0.3 is 15.0 Å². The summed E-state index contributed by atoms with van der Waals surface area (Å²) >= 11 is 0. The minimum absolute atomic E-state index is 0.131. The van der Waals surface area contributed by atoms with Crippen molar-refractivity contribution in [1.29, 1.82) is 0 Å². The third-order valence-corrected chi connectivity index (χ3v) is 5.28. The van der Waals surface area contributed by atoms with Gasteiger partial charge in [-0.2, -0.15) is 15.0 Å². The van der Waals surface area contributed by atoms with E-state index in [-0.39, 0.29) is 5.91 Å². The van der Waals surface area contributed by atoms with Crippen LogP contribution in [0.4, 0.5) is 11.6 Å². The Morgan fingerprint density at radius 1 is 0.969 bits per heavy atom. The highest BCUT2D eigenvalue weighted by Gasteiger charge is 2.20. The summed E-state index contributed by atoms with van der Waals surface area (Å²) in [5.74, 6) is 2.29. The number of carbonyl (C=O) groups is 1. The van der Waals surface area contributed by atoms with Crippen LogP contribution in [0.25, 0.3) is 28.4 Å². The molecule has 32 heavy (non-hydrogen) atoms. The number of imidazole rings is 1. The molecule has 0 unspecified atom stereocenters. The van der Waals surface area contributed by atoms with E-state index in [0.717, 1.165) is 22.4 Å². The lowest BCUT2D eigenvalue weighted by atomic mass is 10.2. The number of anilines is 2. The molecule has 0 saturated carbocycles. The van der Waals surface area contributed by atoms with Crippen molar-refractivity contribution in [3.63, 3.8) is 0 Å². The lowest BCUT2D eigenvalue weighted by Gasteiger charge is -2.27. The first-order valence-corrected chi connectivity index (χ1v) is 10.5. The van der Waals surface area contributed by atoms with E-state index in [1.807, 2.05) is 60.0 Å². The zero-order valence-electron chi connectivity index (χ0n) is 17.9. The summed E-state index contributed by atoms with van der Waals surface area (Å²) < 4.78 is 7.45. The first kappa shape index (κ1) is 20.1. The molecule has 1 aliphatic heterocycles. The molecular weight excluding hydrogens is 406 g/mol. The smallest absolute Gasteiger partial charge is 0.241 e. The Bertz CT molecular complexity index is 1290. The van der Waals surface area contributed by atoms with Crippen LogP contribution in [-0.4, -0.2) is 56.7 Å². The van der Waals surface area contributed by atoms with Gasteiger partial charge >= 0.3 is 0 Å². The van der Waals surface area contributed by atoms with Crippen LogP contribution in [0.15, 0.2) is 48.5 Å². The van der Waals surface area contributed by atoms with Crippen LogP contribution >= 0.6 is 0 Å². The molecule has 0 radical (unpaired) electrons. The van der Waals surface area contributed by atoms with Crippen LogP contribution in [-0.2, 0) is 9.53 Å². The normalized spacial score (nSPS) is 14.0. The average Bonchev–Trinajstić information content (AvgIpc) is 3.15. The van der Waals surface area contributed by atoms with Gasteiger partial charge in [0, 0.05) is 31.3 Å². The van der Waals surface area contributed by atoms with Crippen molar-refractivity contribution in [3.05, 3.63) is 54.4 Å². The number of para-hydroxylation sites is 2. The Morgan fingerprint density at radius 3 is 2.56 bits per heavy atom. The van der Waals surface area contributed by atoms with Crippen LogP contribution < -0.4 is 10.2 Å². The van der Waals surface area contributed by atoms with Crippen LogP contribution in [0.5, 0.6) is 0 Å². The van der Waals surface area contributed by atoms with Gasteiger partial charge in [0.1, 0.15) is 5.82 Å². The minimum atomic E-state index is -0.131. The highest BCUT2D eigenvalue weighted by Crippen LogP contribution is 2.25. The second-order valence-corrected chi connectivity index (χ2v) is 7.60. The molecule has 162 valence electrons. The number of benzene rings is 2. The topological polar surface area (TPSA) is 98.1 Å². The number of carbonyl (C=O) groups excluding carboxylic acids is 1. The highest BCUT2D eigenvalue weighted by atomic mass is 16.5. The second-order valence-electron chi connectivity index (χ2n) is 7.60. The Hall–Kier alpha value is -3.85. The summed E-state index contributed by atoms with van der Waals surface area (Å²) in [5, 5.41) is 2.82. The van der Waals surface area contributed by atoms with Crippen molar-refractivity contribution in [3.8, 4) is 17.3 Å². The lowest BCUT2D eigenvalue weighted by Crippen LogP contribution is -2.37. The maximum atomic E-state index is 11.5. The van der Waals surface area contributed by atoms with Crippen LogP contribution in [0, 0.1) is 6.92 Å². The maximum Gasteiger partial charge on any atom is 0.241 e. The maximum absolute atomic E-state index is 11.5. The molecular formula is C23H23N7O2. The van der Waals surface area contributed by atoms with Gasteiger partial charge in [0.05, 0.1) is 24.2 Å². The molecule has 0 aliphatic carbocycles. The Morgan fingerprint density at radius 2 is 1.75 bits per heavy atom. The van der Waals surface area contributed by atoms with Crippen molar-refractivity contribution in [2.45, 2.75) is 13.8 Å². The SMILES string of the molecule is CC(=O)Nc1cccc(-c2nc(N3CCOCC3)nc(-n3c(C)nc4ccccc43)n2)c1. The van der Waals surface area contributed by atoms with Crippen molar-refractivity contribution >= 4 is 28.6 Å². The number of aryl methyl sites for hydroxylation is 1. The highest BCUT2D eigenvalue weighted by molar-refractivity contribution is 5.89. The second kappa shape index (κ2) is 8.35. The molecule has 2 aromatic carbocycles. The van der Waals surface area contributed by atoms with Gasteiger partial charge in [0.2, 0.25) is 17.8 Å². The number of fused-ring (bicyclic) bond motifs is 1. The lowest BCUT2D eigenvalue weighted by molar-refractivity contribution is -0.114. The number of morpholine rings is 1. The molecule has 9 heteroatoms. The van der Waals surface area contributed by atoms with Crippen molar-refractivity contribution in [1.82, 2.24) is 24.5 Å². The molecule has 0 atom stereocenters. The fourth-order valence-electron chi connectivity index (χ4n) is 3.83. The predicted octanol–water partition coefficient (Wildman–Crippen LogP) is 2.98. The molecule has 0 spiro atoms. The molecule has 0 bridgehead atoms. The van der Waals surface area contributed by atoms with Gasteiger partial charge in [-0.3, -0.25) is 9.36 Å². The number of hydrogen-bond donors (Lipinski definition) is 1. The van der Waals surface area contributed by atoms with Crippen LogP contribution in [0.2, 0.25) is 0 Å². The summed E-state index contributed by atoms with van der Waals surface area (Å²) in [4.78, 5) is 32.7. The van der Waals surface area contributed by atoms with E-state index in [0.29, 0.717) is 49.7 Å². The van der Waals surface area contributed by atoms with Gasteiger partial charge in [-0.05, 0) is 31.2 Å².